The van der Waals surface area contributed by atoms with Crippen LogP contribution in [-0.2, 0) is 83.0 Å². The highest BCUT2D eigenvalue weighted by Crippen LogP contribution is 2.43. The number of carbonyl (C=O) groups is 2. The van der Waals surface area contributed by atoms with Crippen LogP contribution in [0.3, 0.4) is 0 Å². The molecule has 6 aliphatic heterocycles. The predicted octanol–water partition coefficient (Wildman–Crippen LogP) is 6.83. The Morgan fingerprint density at radius 3 is 2.23 bits per heavy atom. The lowest BCUT2D eigenvalue weighted by Crippen LogP contribution is -2.57. The summed E-state index contributed by atoms with van der Waals surface area (Å²) in [5.74, 6) is -0.125. The molecule has 0 aliphatic carbocycles. The number of sulfonamides is 1. The fourth-order valence-electron chi connectivity index (χ4n) is 13.4. The van der Waals surface area contributed by atoms with Crippen LogP contribution in [0.15, 0.2) is 71.9 Å². The third kappa shape index (κ3) is 19.8. The molecular formula is C66H99N5O18S. The molecule has 2 aromatic rings. The molecule has 1 unspecified atom stereocenters. The largest absolute Gasteiger partial charge is 0.445 e. The van der Waals surface area contributed by atoms with E-state index >= 15 is 0 Å². The molecule has 6 saturated heterocycles. The average Bonchev–Trinajstić information content (AvgIpc) is 1.26. The number of rotatable bonds is 36. The maximum atomic E-state index is 14.4. The van der Waals surface area contributed by atoms with Crippen molar-refractivity contribution in [2.75, 3.05) is 91.5 Å². The summed E-state index contributed by atoms with van der Waals surface area (Å²) < 4.78 is 109. The molecule has 17 atom stereocenters. The van der Waals surface area contributed by atoms with E-state index in [0.717, 1.165) is 61.2 Å². The number of nitrogens with one attached hydrogen (secondary N) is 1. The predicted molar refractivity (Wildman–Crippen MR) is 332 cm³/mol. The molecule has 7 heterocycles. The number of ether oxygens (including phenoxy) is 13. The zero-order valence-electron chi connectivity index (χ0n) is 53.4. The molecule has 23 nitrogen and oxygen atoms in total. The van der Waals surface area contributed by atoms with Crippen LogP contribution in [0.2, 0.25) is 0 Å². The average molecular weight is 1280 g/mol. The molecule has 0 saturated carbocycles. The first-order valence-electron chi connectivity index (χ1n) is 32.4. The SMILES string of the molecule is C=C1C[C@H](CC[C@@H]2C[C@@H](OC)[C@@H](C3C[C@@H](OC)[C@H]4O[C@@H](CC(=O)C[C@@H]5[C@@H](OC)[C@@H](C[C@H](O)CNC(=O)OCc6ccc(N(CCOCCOCCOCCN)S(=O)(=O)c7ccc(C#N)cn7)cc6)O[C@H]5C[C@H]5OCC[C@@H](C)C5=C)CC[C@@H]4O3)O2)O[C@H]1CCCC. The summed E-state index contributed by atoms with van der Waals surface area (Å²) in [6, 6.07) is 11.0. The Kier molecular flexibility index (Phi) is 28.3. The van der Waals surface area contributed by atoms with Crippen LogP contribution in [0.25, 0.3) is 0 Å². The summed E-state index contributed by atoms with van der Waals surface area (Å²) in [6.07, 6.45) is 6.26. The Morgan fingerprint density at radius 2 is 1.53 bits per heavy atom. The van der Waals surface area contributed by atoms with E-state index in [9.17, 15) is 28.4 Å². The minimum atomic E-state index is -4.21. The van der Waals surface area contributed by atoms with Gasteiger partial charge in [-0.05, 0) is 91.8 Å². The summed E-state index contributed by atoms with van der Waals surface area (Å²) in [7, 11) is 0.807. The molecule has 8 rings (SSSR count). The van der Waals surface area contributed by atoms with E-state index < -0.39 is 40.5 Å². The second kappa shape index (κ2) is 35.7. The van der Waals surface area contributed by atoms with Crippen molar-refractivity contribution < 1.29 is 84.7 Å². The number of fused-ring (bicyclic) bond motifs is 1. The Morgan fingerprint density at radius 1 is 0.822 bits per heavy atom. The highest BCUT2D eigenvalue weighted by molar-refractivity contribution is 7.92. The number of alkyl carbamates (subject to hydrolysis) is 1. The number of carbonyl (C=O) groups excluding carboxylic acids is 2. The lowest BCUT2D eigenvalue weighted by Gasteiger charge is -2.47. The van der Waals surface area contributed by atoms with Gasteiger partial charge in [-0.3, -0.25) is 9.10 Å². The van der Waals surface area contributed by atoms with Gasteiger partial charge in [-0.25, -0.2) is 9.78 Å². The van der Waals surface area contributed by atoms with Crippen molar-refractivity contribution in [3.63, 3.8) is 0 Å². The number of nitriles is 1. The monoisotopic (exact) mass is 1280 g/mol. The standard InChI is InChI=1S/C66H99N5O18S/c1-8-9-10-54-43(3)31-50(85-54)16-17-52-35-58(77-5)65(87-52)61-37-59(78-6)64-55(88-61)19-18-51(86-64)32-48(72)33-53-57(36-56-44(4)42(2)21-24-83-56)89-60(63(53)79-7)34-49(73)40-70-66(74)84-41-45-11-14-47(15-12-45)71(23-26-81-28-30-82-29-27-80-25-22-67)90(75,76)62-20-13-46(38-68)39-69-62/h11-15,20,39,42,49-61,63-65,73H,3-4,8-10,16-19,21-37,40-41,67H2,1-2,5-7H3,(H,70,74)/t42-,49+,50+,51-,52-,53+,54+,55+,56-,57+,58-,59-,60-,61?,63-,64+,65+/m1/s1. The van der Waals surface area contributed by atoms with Gasteiger partial charge in [-0.2, -0.15) is 13.7 Å². The van der Waals surface area contributed by atoms with Crippen LogP contribution >= 0.6 is 0 Å². The van der Waals surface area contributed by atoms with Gasteiger partial charge in [0.2, 0.25) is 0 Å². The van der Waals surface area contributed by atoms with Crippen molar-refractivity contribution in [1.29, 1.82) is 5.26 Å². The van der Waals surface area contributed by atoms with Gasteiger partial charge in [0.15, 0.2) is 5.03 Å². The molecule has 4 N–H and O–H groups in total. The smallest absolute Gasteiger partial charge is 0.407 e. The number of aliphatic hydroxyl groups excluding tert-OH is 1. The number of pyridine rings is 1. The maximum absolute atomic E-state index is 14.4. The molecule has 0 spiro atoms. The molecule has 1 amide bonds. The highest BCUT2D eigenvalue weighted by atomic mass is 32.2. The topological polar surface area (TPSA) is 286 Å². The van der Waals surface area contributed by atoms with Crippen LogP contribution in [0.1, 0.15) is 121 Å². The van der Waals surface area contributed by atoms with Crippen molar-refractivity contribution >= 4 is 27.6 Å². The van der Waals surface area contributed by atoms with Crippen molar-refractivity contribution in [2.45, 2.75) is 213 Å². The summed E-state index contributed by atoms with van der Waals surface area (Å²) in [6.45, 7) is 15.3. The van der Waals surface area contributed by atoms with Gasteiger partial charge in [0.05, 0.1) is 137 Å². The molecule has 0 bridgehead atoms. The number of amides is 1. The molecule has 6 aliphatic rings. The molecule has 90 heavy (non-hydrogen) atoms. The van der Waals surface area contributed by atoms with Gasteiger partial charge in [-0.15, -0.1) is 0 Å². The first-order chi connectivity index (χ1) is 43.5. The van der Waals surface area contributed by atoms with Gasteiger partial charge < -0.3 is 77.7 Å². The maximum Gasteiger partial charge on any atom is 0.407 e. The van der Waals surface area contributed by atoms with Crippen LogP contribution in [0.4, 0.5) is 10.5 Å². The van der Waals surface area contributed by atoms with Gasteiger partial charge in [0, 0.05) is 91.7 Å². The second-order valence-electron chi connectivity index (χ2n) is 24.7. The van der Waals surface area contributed by atoms with Gasteiger partial charge in [0.1, 0.15) is 30.7 Å². The third-order valence-corrected chi connectivity index (χ3v) is 20.1. The quantitative estimate of drug-likeness (QED) is 0.0465. The van der Waals surface area contributed by atoms with Crippen molar-refractivity contribution in [3.8, 4) is 6.07 Å². The van der Waals surface area contributed by atoms with Gasteiger partial charge in [-0.1, -0.05) is 52.0 Å². The van der Waals surface area contributed by atoms with E-state index in [1.165, 1.54) is 23.9 Å². The number of benzene rings is 1. The normalized spacial score (nSPS) is 30.6. The molecule has 24 heteroatoms. The number of Topliss-reactive ketones (excluding diaryl/α,β-unsaturated/α-hetero) is 1. The Labute approximate surface area is 532 Å². The summed E-state index contributed by atoms with van der Waals surface area (Å²) in [5.41, 5.74) is 8.68. The van der Waals surface area contributed by atoms with Gasteiger partial charge >= 0.3 is 6.09 Å². The van der Waals surface area contributed by atoms with E-state index in [4.69, 9.17) is 67.3 Å². The Hall–Kier alpha value is -4.53. The van der Waals surface area contributed by atoms with E-state index in [0.29, 0.717) is 69.9 Å². The highest BCUT2D eigenvalue weighted by Gasteiger charge is 2.51. The van der Waals surface area contributed by atoms with Crippen molar-refractivity contribution in [2.24, 2.45) is 17.6 Å². The summed E-state index contributed by atoms with van der Waals surface area (Å²) >= 11 is 0. The number of anilines is 1. The van der Waals surface area contributed by atoms with E-state index in [1.54, 1.807) is 45.6 Å². The van der Waals surface area contributed by atoms with Crippen molar-refractivity contribution in [1.82, 2.24) is 10.3 Å². The van der Waals surface area contributed by atoms with Gasteiger partial charge in [0.25, 0.3) is 10.0 Å². The first kappa shape index (κ1) is 71.3. The lowest BCUT2D eigenvalue weighted by molar-refractivity contribution is -0.252. The van der Waals surface area contributed by atoms with E-state index in [2.05, 4.69) is 37.3 Å². The number of aliphatic hydroxyl groups is 1. The fourth-order valence-corrected chi connectivity index (χ4v) is 14.8. The van der Waals surface area contributed by atoms with Crippen molar-refractivity contribution in [3.05, 3.63) is 78.0 Å². The number of ketones is 1. The lowest BCUT2D eigenvalue weighted by atomic mass is 9.82. The number of nitrogens with two attached hydrogens (primary N) is 1. The summed E-state index contributed by atoms with van der Waals surface area (Å²) in [4.78, 5) is 31.5. The minimum absolute atomic E-state index is 0.00340. The van der Waals surface area contributed by atoms with E-state index in [1.807, 2.05) is 6.07 Å². The third-order valence-electron chi connectivity index (χ3n) is 18.4. The number of hydrogen-bond acceptors (Lipinski definition) is 21. The molecular weight excluding hydrogens is 1180 g/mol. The fraction of sp³-hybridized carbons (Fsp3) is 0.727. The van der Waals surface area contributed by atoms with Crippen LogP contribution in [0, 0.1) is 23.2 Å². The molecule has 0 radical (unpaired) electrons. The number of aromatic nitrogens is 1. The number of nitrogens with zero attached hydrogens (tertiary/aromatic N) is 3. The zero-order valence-corrected chi connectivity index (χ0v) is 54.2. The minimum Gasteiger partial charge on any atom is -0.445 e. The molecule has 1 aromatic carbocycles. The van der Waals surface area contributed by atoms with Crippen LogP contribution in [-0.4, -0.2) is 209 Å². The van der Waals surface area contributed by atoms with E-state index in [-0.39, 0.29) is 154 Å². The number of methoxy groups -OCH3 is 3. The molecule has 6 fully saturated rings. The first-order valence-corrected chi connectivity index (χ1v) is 33.8. The number of unbranched alkanes of at least 4 members (excludes halogenated alkanes) is 1. The Bertz CT molecular complexity index is 2710. The molecule has 1 aromatic heterocycles. The Balaban J connectivity index is 0.813. The summed E-state index contributed by atoms with van der Waals surface area (Å²) in [5, 5.41) is 23.1. The second-order valence-corrected chi connectivity index (χ2v) is 26.5. The number of hydrogen-bond donors (Lipinski definition) is 3. The van der Waals surface area contributed by atoms with Crippen LogP contribution < -0.4 is 15.4 Å². The molecule has 502 valence electrons. The van der Waals surface area contributed by atoms with Crippen LogP contribution in [0.5, 0.6) is 0 Å². The zero-order chi connectivity index (χ0) is 64.2.